The van der Waals surface area contributed by atoms with Crippen LogP contribution >= 0.6 is 0 Å². The predicted octanol–water partition coefficient (Wildman–Crippen LogP) is 1.45. The van der Waals surface area contributed by atoms with Crippen molar-refractivity contribution in [2.45, 2.75) is 43.0 Å². The minimum Gasteiger partial charge on any atom is -0.480 e. The van der Waals surface area contributed by atoms with Gasteiger partial charge in [-0.1, -0.05) is 6.07 Å². The van der Waals surface area contributed by atoms with Gasteiger partial charge in [0.25, 0.3) is 5.91 Å². The molecule has 1 aliphatic carbocycles. The van der Waals surface area contributed by atoms with Crippen LogP contribution in [0.2, 0.25) is 0 Å². The molecule has 1 unspecified atom stereocenters. The van der Waals surface area contributed by atoms with Gasteiger partial charge in [-0.2, -0.15) is 0 Å². The summed E-state index contributed by atoms with van der Waals surface area (Å²) in [6, 6.07) is 5.78. The molecule has 3 rings (SSSR count). The van der Waals surface area contributed by atoms with Crippen LogP contribution in [0.1, 0.15) is 43.0 Å². The van der Waals surface area contributed by atoms with Gasteiger partial charge in [0.2, 0.25) is 10.0 Å². The van der Waals surface area contributed by atoms with Gasteiger partial charge in [-0.25, -0.2) is 17.9 Å². The van der Waals surface area contributed by atoms with E-state index in [0.29, 0.717) is 31.8 Å². The van der Waals surface area contributed by atoms with Crippen molar-refractivity contribution in [3.8, 4) is 0 Å². The summed E-state index contributed by atoms with van der Waals surface area (Å²) < 4.78 is 27.3. The summed E-state index contributed by atoms with van der Waals surface area (Å²) in [5, 5.41) is 9.45. The van der Waals surface area contributed by atoms with Crippen molar-refractivity contribution in [2.75, 3.05) is 13.1 Å². The largest absolute Gasteiger partial charge is 0.480 e. The third-order valence-corrected chi connectivity index (χ3v) is 6.42. The van der Waals surface area contributed by atoms with Gasteiger partial charge in [-0.05, 0) is 56.7 Å². The Morgan fingerprint density at radius 1 is 1.36 bits per heavy atom. The summed E-state index contributed by atoms with van der Waals surface area (Å²) in [7, 11) is -3.68. The Morgan fingerprint density at radius 2 is 2.08 bits per heavy atom. The first-order valence-corrected chi connectivity index (χ1v) is 9.87. The fourth-order valence-electron chi connectivity index (χ4n) is 3.10. The molecular formula is C17H22N2O5S. The average molecular weight is 366 g/mol. The van der Waals surface area contributed by atoms with Gasteiger partial charge in [0.05, 0.1) is 4.90 Å². The van der Waals surface area contributed by atoms with E-state index in [1.165, 1.54) is 36.1 Å². The number of carbonyl (C=O) groups is 2. The smallest absolute Gasteiger partial charge is 0.329 e. The minimum atomic E-state index is -3.68. The summed E-state index contributed by atoms with van der Waals surface area (Å²) in [4.78, 5) is 25.7. The Morgan fingerprint density at radius 3 is 2.72 bits per heavy atom. The highest BCUT2D eigenvalue weighted by Gasteiger charge is 2.46. The quantitative estimate of drug-likeness (QED) is 0.793. The van der Waals surface area contributed by atoms with Crippen LogP contribution in [-0.4, -0.2) is 48.9 Å². The average Bonchev–Trinajstić information content (AvgIpc) is 3.33. The van der Waals surface area contributed by atoms with Gasteiger partial charge in [-0.3, -0.25) is 4.79 Å². The first kappa shape index (κ1) is 17.9. The lowest BCUT2D eigenvalue weighted by Crippen LogP contribution is -2.50. The molecule has 2 N–H and O–H groups in total. The molecule has 2 fully saturated rings. The van der Waals surface area contributed by atoms with Gasteiger partial charge < -0.3 is 10.0 Å². The van der Waals surface area contributed by atoms with E-state index >= 15 is 0 Å². The maximum Gasteiger partial charge on any atom is 0.329 e. The van der Waals surface area contributed by atoms with Crippen molar-refractivity contribution in [3.63, 3.8) is 0 Å². The zero-order valence-corrected chi connectivity index (χ0v) is 14.9. The maximum absolute atomic E-state index is 12.8. The van der Waals surface area contributed by atoms with Crippen LogP contribution in [0.5, 0.6) is 0 Å². The number of carboxylic acids is 1. The lowest BCUT2D eigenvalue weighted by atomic mass is 9.98. The van der Waals surface area contributed by atoms with Crippen LogP contribution in [0.15, 0.2) is 29.2 Å². The Hall–Kier alpha value is -1.93. The Kier molecular flexibility index (Phi) is 4.59. The second-order valence-electron chi connectivity index (χ2n) is 6.96. The first-order valence-electron chi connectivity index (χ1n) is 8.39. The second kappa shape index (κ2) is 6.42. The fraction of sp³-hybridized carbons (Fsp3) is 0.529. The van der Waals surface area contributed by atoms with Crippen LogP contribution < -0.4 is 4.72 Å². The topological polar surface area (TPSA) is 104 Å². The monoisotopic (exact) mass is 366 g/mol. The van der Waals surface area contributed by atoms with Gasteiger partial charge in [0.1, 0.15) is 5.54 Å². The minimum absolute atomic E-state index is 0.0234. The molecule has 1 saturated heterocycles. The number of hydrogen-bond donors (Lipinski definition) is 2. The van der Waals surface area contributed by atoms with E-state index in [-0.39, 0.29) is 10.5 Å². The van der Waals surface area contributed by atoms with Crippen molar-refractivity contribution in [1.29, 1.82) is 0 Å². The van der Waals surface area contributed by atoms with Crippen LogP contribution in [0, 0.1) is 5.92 Å². The normalized spacial score (nSPS) is 23.6. The van der Waals surface area contributed by atoms with Crippen molar-refractivity contribution in [1.82, 2.24) is 9.62 Å². The molecule has 1 heterocycles. The number of nitrogens with one attached hydrogen (secondary N) is 1. The number of hydrogen-bond acceptors (Lipinski definition) is 4. The maximum atomic E-state index is 12.8. The SMILES string of the molecule is CC1(C(=O)O)CCCN1C(=O)c1cccc(S(=O)(=O)NCC2CC2)c1. The van der Waals surface area contributed by atoms with Gasteiger partial charge in [0, 0.05) is 18.7 Å². The molecule has 0 radical (unpaired) electrons. The van der Waals surface area contributed by atoms with Crippen molar-refractivity contribution in [3.05, 3.63) is 29.8 Å². The highest BCUT2D eigenvalue weighted by molar-refractivity contribution is 7.89. The molecule has 2 aliphatic rings. The van der Waals surface area contributed by atoms with Crippen molar-refractivity contribution >= 4 is 21.9 Å². The van der Waals surface area contributed by atoms with E-state index in [1.54, 1.807) is 0 Å². The molecule has 1 saturated carbocycles. The molecule has 0 spiro atoms. The predicted molar refractivity (Wildman–Crippen MR) is 90.7 cm³/mol. The number of aliphatic carboxylic acids is 1. The summed E-state index contributed by atoms with van der Waals surface area (Å²) in [5.74, 6) is -1.10. The summed E-state index contributed by atoms with van der Waals surface area (Å²) in [6.45, 7) is 2.28. The van der Waals surface area contributed by atoms with Gasteiger partial charge in [-0.15, -0.1) is 0 Å². The molecule has 1 amide bonds. The molecule has 1 aromatic carbocycles. The Balaban J connectivity index is 1.83. The molecular weight excluding hydrogens is 344 g/mol. The van der Waals surface area contributed by atoms with E-state index in [0.717, 1.165) is 12.8 Å². The molecule has 1 aliphatic heterocycles. The highest BCUT2D eigenvalue weighted by atomic mass is 32.2. The lowest BCUT2D eigenvalue weighted by molar-refractivity contribution is -0.147. The van der Waals surface area contributed by atoms with Crippen LogP contribution in [0.4, 0.5) is 0 Å². The number of sulfonamides is 1. The zero-order chi connectivity index (χ0) is 18.2. The first-order chi connectivity index (χ1) is 11.7. The third-order valence-electron chi connectivity index (χ3n) is 5.00. The van der Waals surface area contributed by atoms with E-state index < -0.39 is 27.4 Å². The van der Waals surface area contributed by atoms with Crippen molar-refractivity contribution in [2.24, 2.45) is 5.92 Å². The highest BCUT2D eigenvalue weighted by Crippen LogP contribution is 2.31. The number of rotatable bonds is 6. The molecule has 1 aromatic rings. The van der Waals surface area contributed by atoms with E-state index in [4.69, 9.17) is 0 Å². The van der Waals surface area contributed by atoms with Crippen LogP contribution in [-0.2, 0) is 14.8 Å². The third kappa shape index (κ3) is 3.55. The van der Waals surface area contributed by atoms with E-state index in [2.05, 4.69) is 4.72 Å². The fourth-order valence-corrected chi connectivity index (χ4v) is 4.26. The zero-order valence-electron chi connectivity index (χ0n) is 14.1. The second-order valence-corrected chi connectivity index (χ2v) is 8.73. The lowest BCUT2D eigenvalue weighted by Gasteiger charge is -2.31. The Bertz CT molecular complexity index is 803. The number of likely N-dealkylation sites (tertiary alicyclic amines) is 1. The molecule has 0 bridgehead atoms. The molecule has 7 nitrogen and oxygen atoms in total. The molecule has 136 valence electrons. The molecule has 0 aromatic heterocycles. The van der Waals surface area contributed by atoms with Gasteiger partial charge >= 0.3 is 5.97 Å². The summed E-state index contributed by atoms with van der Waals surface area (Å²) >= 11 is 0. The van der Waals surface area contributed by atoms with Crippen LogP contribution in [0.3, 0.4) is 0 Å². The number of carboxylic acid groups (broad SMARTS) is 1. The van der Waals surface area contributed by atoms with Gasteiger partial charge in [0.15, 0.2) is 0 Å². The van der Waals surface area contributed by atoms with E-state index in [1.807, 2.05) is 0 Å². The standard InChI is InChI=1S/C17H22N2O5S/c1-17(16(21)22)8-3-9-19(17)15(20)13-4-2-5-14(10-13)25(23,24)18-11-12-6-7-12/h2,4-5,10,12,18H,3,6-9,11H2,1H3,(H,21,22). The number of amides is 1. The summed E-state index contributed by atoms with van der Waals surface area (Å²) in [6.07, 6.45) is 3.05. The number of carbonyl (C=O) groups excluding carboxylic acids is 1. The summed E-state index contributed by atoms with van der Waals surface area (Å²) in [5.41, 5.74) is -1.07. The number of benzene rings is 1. The molecule has 8 heteroatoms. The van der Waals surface area contributed by atoms with E-state index in [9.17, 15) is 23.1 Å². The molecule has 1 atom stereocenters. The molecule has 25 heavy (non-hydrogen) atoms. The van der Waals surface area contributed by atoms with Crippen LogP contribution in [0.25, 0.3) is 0 Å². The Labute approximate surface area is 147 Å². The number of nitrogens with zero attached hydrogens (tertiary/aromatic N) is 1. The van der Waals surface area contributed by atoms with Crippen molar-refractivity contribution < 1.29 is 23.1 Å².